The largest absolute Gasteiger partial charge is 0.496 e. The minimum Gasteiger partial charge on any atom is -0.496 e. The average molecular weight is 543 g/mol. The first-order valence-corrected chi connectivity index (χ1v) is 14.7. The van der Waals surface area contributed by atoms with Crippen LogP contribution in [0.15, 0.2) is 125 Å². The first kappa shape index (κ1) is 23.7. The second-order valence-corrected chi connectivity index (χ2v) is 12.8. The number of rotatable bonds is 5. The number of methoxy groups -OCH3 is 2. The van der Waals surface area contributed by atoms with E-state index < -0.39 is 0 Å². The highest BCUT2D eigenvalue weighted by Crippen LogP contribution is 2.61. The van der Waals surface area contributed by atoms with E-state index in [2.05, 4.69) is 72.8 Å². The van der Waals surface area contributed by atoms with Crippen LogP contribution in [0.4, 0.5) is 0 Å². The van der Waals surface area contributed by atoms with E-state index in [1.165, 1.54) is 39.2 Å². The monoisotopic (exact) mass is 542 g/mol. The van der Waals surface area contributed by atoms with E-state index >= 15 is 0 Å². The Morgan fingerprint density at radius 1 is 0.444 bits per heavy atom. The highest BCUT2D eigenvalue weighted by molar-refractivity contribution is 8.25. The third kappa shape index (κ3) is 4.37. The fourth-order valence-electron chi connectivity index (χ4n) is 4.28. The van der Waals surface area contributed by atoms with Crippen LogP contribution in [0.3, 0.4) is 0 Å². The molecule has 6 heteroatoms. The molecule has 0 bridgehead atoms. The Morgan fingerprint density at radius 3 is 1.08 bits per heavy atom. The molecule has 0 aromatic heterocycles. The maximum Gasteiger partial charge on any atom is 0.126 e. The molecule has 178 valence electrons. The van der Waals surface area contributed by atoms with Gasteiger partial charge in [-0.3, -0.25) is 0 Å². The van der Waals surface area contributed by atoms with Crippen LogP contribution in [0.5, 0.6) is 11.5 Å². The van der Waals surface area contributed by atoms with Gasteiger partial charge in [0.05, 0.1) is 22.7 Å². The second kappa shape index (κ2) is 10.4. The molecule has 2 aliphatic rings. The summed E-state index contributed by atoms with van der Waals surface area (Å²) in [6.07, 6.45) is 0. The van der Waals surface area contributed by atoms with Crippen LogP contribution in [-0.2, 0) is 0 Å². The third-order valence-corrected chi connectivity index (χ3v) is 11.0. The number of allylic oxidation sites excluding steroid dienone is 2. The van der Waals surface area contributed by atoms with Gasteiger partial charge in [-0.05, 0) is 36.4 Å². The van der Waals surface area contributed by atoms with Crippen LogP contribution < -0.4 is 9.47 Å². The Balaban J connectivity index is 1.66. The summed E-state index contributed by atoms with van der Waals surface area (Å²) in [5.41, 5.74) is 4.50. The van der Waals surface area contributed by atoms with Crippen molar-refractivity contribution in [1.29, 1.82) is 0 Å². The highest BCUT2D eigenvalue weighted by Gasteiger charge is 2.31. The molecule has 2 aliphatic heterocycles. The minimum absolute atomic E-state index is 0.857. The first-order chi connectivity index (χ1) is 17.8. The molecule has 0 amide bonds. The molecule has 4 aromatic carbocycles. The van der Waals surface area contributed by atoms with Gasteiger partial charge in [0, 0.05) is 41.9 Å². The molecule has 0 radical (unpaired) electrons. The van der Waals surface area contributed by atoms with Crippen LogP contribution in [0.25, 0.3) is 11.1 Å². The molecule has 4 aromatic rings. The lowest BCUT2D eigenvalue weighted by molar-refractivity contribution is 0.413. The molecule has 36 heavy (non-hydrogen) atoms. The van der Waals surface area contributed by atoms with Crippen molar-refractivity contribution in [2.75, 3.05) is 14.2 Å². The van der Waals surface area contributed by atoms with Crippen LogP contribution >= 0.6 is 47.0 Å². The van der Waals surface area contributed by atoms with Crippen molar-refractivity contribution in [2.45, 2.75) is 19.6 Å². The number of thioether (sulfide) groups is 4. The summed E-state index contributed by atoms with van der Waals surface area (Å²) in [5, 5.41) is 0. The number of hydrogen-bond acceptors (Lipinski definition) is 6. The number of para-hydroxylation sites is 2. The van der Waals surface area contributed by atoms with Gasteiger partial charge >= 0.3 is 0 Å². The Morgan fingerprint density at radius 2 is 0.750 bits per heavy atom. The highest BCUT2D eigenvalue weighted by atomic mass is 32.2. The fourth-order valence-corrected chi connectivity index (χ4v) is 9.51. The topological polar surface area (TPSA) is 18.5 Å². The lowest BCUT2D eigenvalue weighted by atomic mass is 9.93. The Kier molecular flexibility index (Phi) is 6.85. The molecular weight excluding hydrogens is 521 g/mol. The smallest absolute Gasteiger partial charge is 0.126 e. The Bertz CT molecular complexity index is 1350. The third-order valence-electron chi connectivity index (χ3n) is 5.92. The summed E-state index contributed by atoms with van der Waals surface area (Å²) < 4.78 is 14.3. The summed E-state index contributed by atoms with van der Waals surface area (Å²) in [4.78, 5) is 5.13. The SMILES string of the molecule is COc1ccccc1C(=C1Sc2ccccc2S1)C(=C1Sc2ccccc2S1)c1ccccc1OC. The van der Waals surface area contributed by atoms with Crippen molar-refractivity contribution in [3.63, 3.8) is 0 Å². The predicted molar refractivity (Wildman–Crippen MR) is 156 cm³/mol. The van der Waals surface area contributed by atoms with Crippen molar-refractivity contribution in [3.8, 4) is 11.5 Å². The molecule has 0 unspecified atom stereocenters. The molecule has 0 aliphatic carbocycles. The summed E-state index contributed by atoms with van der Waals surface area (Å²) in [7, 11) is 3.49. The zero-order valence-corrected chi connectivity index (χ0v) is 23.0. The van der Waals surface area contributed by atoms with E-state index in [1.807, 2.05) is 71.3 Å². The molecule has 0 N–H and O–H groups in total. The average Bonchev–Trinajstić information content (AvgIpc) is 3.55. The van der Waals surface area contributed by atoms with Crippen LogP contribution in [-0.4, -0.2) is 14.2 Å². The van der Waals surface area contributed by atoms with E-state index in [0.717, 1.165) is 22.6 Å². The van der Waals surface area contributed by atoms with Gasteiger partial charge in [0.15, 0.2) is 0 Å². The van der Waals surface area contributed by atoms with E-state index in [4.69, 9.17) is 9.47 Å². The van der Waals surface area contributed by atoms with Gasteiger partial charge in [-0.1, -0.05) is 108 Å². The number of ether oxygens (including phenoxy) is 2. The molecule has 0 spiro atoms. The molecule has 2 heterocycles. The van der Waals surface area contributed by atoms with Crippen molar-refractivity contribution < 1.29 is 9.47 Å². The number of hydrogen-bond donors (Lipinski definition) is 0. The van der Waals surface area contributed by atoms with Crippen molar-refractivity contribution in [3.05, 3.63) is 117 Å². The molecule has 0 saturated heterocycles. The molecule has 0 atom stereocenters. The van der Waals surface area contributed by atoms with Gasteiger partial charge in [-0.25, -0.2) is 0 Å². The summed E-state index contributed by atoms with van der Waals surface area (Å²) in [6, 6.07) is 33.9. The van der Waals surface area contributed by atoms with Crippen molar-refractivity contribution in [1.82, 2.24) is 0 Å². The van der Waals surface area contributed by atoms with Crippen molar-refractivity contribution >= 4 is 58.2 Å². The zero-order chi connectivity index (χ0) is 24.5. The molecule has 6 rings (SSSR count). The Labute approximate surface area is 228 Å². The number of benzene rings is 4. The lowest BCUT2D eigenvalue weighted by Crippen LogP contribution is -1.99. The van der Waals surface area contributed by atoms with E-state index in [-0.39, 0.29) is 0 Å². The summed E-state index contributed by atoms with van der Waals surface area (Å²) in [5.74, 6) is 1.71. The summed E-state index contributed by atoms with van der Waals surface area (Å²) >= 11 is 7.32. The van der Waals surface area contributed by atoms with Crippen LogP contribution in [0.2, 0.25) is 0 Å². The zero-order valence-electron chi connectivity index (χ0n) is 19.7. The maximum atomic E-state index is 5.91. The van der Waals surface area contributed by atoms with Gasteiger partial charge < -0.3 is 9.47 Å². The predicted octanol–water partition coefficient (Wildman–Crippen LogP) is 9.54. The first-order valence-electron chi connectivity index (χ1n) is 11.4. The standard InChI is InChI=1S/C30H22O2S4/c1-31-21-13-5-3-11-19(21)27(29-33-23-15-7-8-16-24(23)34-29)28(20-12-4-6-14-22(20)32-2)30-35-25-17-9-10-18-26(25)36-30/h3-18H,1-2H3. The van der Waals surface area contributed by atoms with E-state index in [0.29, 0.717) is 0 Å². The molecular formula is C30H22O2S4. The van der Waals surface area contributed by atoms with Gasteiger partial charge in [-0.2, -0.15) is 0 Å². The number of fused-ring (bicyclic) bond motifs is 2. The van der Waals surface area contributed by atoms with Crippen LogP contribution in [0, 0.1) is 0 Å². The van der Waals surface area contributed by atoms with E-state index in [1.54, 1.807) is 14.2 Å². The lowest BCUT2D eigenvalue weighted by Gasteiger charge is -2.21. The fraction of sp³-hybridized carbons (Fsp3) is 0.0667. The summed E-state index contributed by atoms with van der Waals surface area (Å²) in [6.45, 7) is 0. The van der Waals surface area contributed by atoms with Gasteiger partial charge in [-0.15, -0.1) is 0 Å². The molecule has 0 saturated carbocycles. The molecule has 2 nitrogen and oxygen atoms in total. The van der Waals surface area contributed by atoms with Crippen LogP contribution in [0.1, 0.15) is 11.1 Å². The Hall–Kier alpha value is -2.64. The normalized spacial score (nSPS) is 13.8. The molecule has 0 fully saturated rings. The van der Waals surface area contributed by atoms with Gasteiger partial charge in [0.2, 0.25) is 0 Å². The van der Waals surface area contributed by atoms with Crippen molar-refractivity contribution in [2.24, 2.45) is 0 Å². The maximum absolute atomic E-state index is 5.91. The van der Waals surface area contributed by atoms with Gasteiger partial charge in [0.1, 0.15) is 11.5 Å². The van der Waals surface area contributed by atoms with Gasteiger partial charge in [0.25, 0.3) is 0 Å². The minimum atomic E-state index is 0.857. The second-order valence-electron chi connectivity index (χ2n) is 8.03. The quantitative estimate of drug-likeness (QED) is 0.248. The van der Waals surface area contributed by atoms with E-state index in [9.17, 15) is 0 Å².